The summed E-state index contributed by atoms with van der Waals surface area (Å²) in [5.74, 6) is 3.33. The molecule has 0 saturated heterocycles. The quantitative estimate of drug-likeness (QED) is 0.190. The fourth-order valence-electron chi connectivity index (χ4n) is 5.79. The molecule has 0 radical (unpaired) electrons. The van der Waals surface area contributed by atoms with Crippen molar-refractivity contribution in [2.45, 2.75) is 45.8 Å². The molecule has 3 aliphatic rings. The van der Waals surface area contributed by atoms with Gasteiger partial charge in [-0.05, 0) is 68.4 Å². The number of pyridine rings is 1. The summed E-state index contributed by atoms with van der Waals surface area (Å²) in [7, 11) is 0. The van der Waals surface area contributed by atoms with Gasteiger partial charge >= 0.3 is 0 Å². The Bertz CT molecular complexity index is 1970. The fourth-order valence-corrected chi connectivity index (χ4v) is 5.79. The van der Waals surface area contributed by atoms with E-state index in [1.165, 1.54) is 0 Å². The van der Waals surface area contributed by atoms with Gasteiger partial charge in [0, 0.05) is 60.0 Å². The summed E-state index contributed by atoms with van der Waals surface area (Å²) >= 11 is 0. The number of phenols is 2. The molecule has 5 heterocycles. The number of carbonyl (C=O) groups excluding carboxylic acids is 2. The highest BCUT2D eigenvalue weighted by molar-refractivity contribution is 5.81. The van der Waals surface area contributed by atoms with Crippen LogP contribution in [0.3, 0.4) is 0 Å². The van der Waals surface area contributed by atoms with Crippen LogP contribution in [-0.4, -0.2) is 57.4 Å². The molecule has 0 saturated carbocycles. The standard InChI is InChI=1S/C21H21N3O3.C9H8O3.C8H8O2/c1-14(2)24-18(5-8-23-24)21-16(4-3-7-22-21)13-27-20-10-15-6-9-26-19(15)11-17(20)12-25;10-5-7-4-9-6(1-2-12-9)3-8(7)11;9-7-1-2-8-6(5-7)3-4-10-8/h3-5,7-8,10-12,14H,6,9,13H2,1-2H3;3-5,11H,1-2H2;1-2,5,9H,3-4H2. The number of rotatable bonds is 7. The summed E-state index contributed by atoms with van der Waals surface area (Å²) in [6.45, 7) is 6.50. The van der Waals surface area contributed by atoms with Gasteiger partial charge in [0.1, 0.15) is 41.1 Å². The van der Waals surface area contributed by atoms with Crippen LogP contribution in [0.4, 0.5) is 0 Å². The highest BCUT2D eigenvalue weighted by Crippen LogP contribution is 2.34. The monoisotopic (exact) mass is 663 g/mol. The van der Waals surface area contributed by atoms with Crippen molar-refractivity contribution in [1.29, 1.82) is 0 Å². The van der Waals surface area contributed by atoms with Crippen LogP contribution >= 0.6 is 0 Å². The van der Waals surface area contributed by atoms with E-state index >= 15 is 0 Å². The lowest BCUT2D eigenvalue weighted by molar-refractivity contribution is 0.111. The molecule has 0 atom stereocenters. The molecule has 11 heteroatoms. The maximum Gasteiger partial charge on any atom is 0.153 e. The zero-order chi connectivity index (χ0) is 34.3. The minimum atomic E-state index is 0.0363. The third-order valence-electron chi connectivity index (χ3n) is 8.26. The number of aldehydes is 2. The molecular weight excluding hydrogens is 626 g/mol. The molecular formula is C38H37N3O8. The Morgan fingerprint density at radius 3 is 2.14 bits per heavy atom. The summed E-state index contributed by atoms with van der Waals surface area (Å²) in [5, 5.41) is 22.7. The zero-order valence-electron chi connectivity index (χ0n) is 27.3. The molecule has 11 nitrogen and oxygen atoms in total. The average molecular weight is 664 g/mol. The SMILES string of the molecule is CC(C)n1nccc1-c1ncccc1COc1cc2c(cc1C=O)OCC2.O=Cc1cc2c(cc1O)CCO2.Oc1ccc2c(c1)CCO2. The number of aromatic hydroxyl groups is 2. The van der Waals surface area contributed by atoms with Crippen molar-refractivity contribution in [2.24, 2.45) is 0 Å². The van der Waals surface area contributed by atoms with Gasteiger partial charge < -0.3 is 29.2 Å². The fraction of sp³-hybridized carbons (Fsp3) is 0.263. The second-order valence-electron chi connectivity index (χ2n) is 11.9. The van der Waals surface area contributed by atoms with Crippen molar-refractivity contribution in [1.82, 2.24) is 14.8 Å². The molecule has 3 aliphatic heterocycles. The number of ether oxygens (including phenoxy) is 4. The number of fused-ring (bicyclic) bond motifs is 3. The van der Waals surface area contributed by atoms with Crippen LogP contribution in [0.2, 0.25) is 0 Å². The first-order chi connectivity index (χ1) is 23.8. The lowest BCUT2D eigenvalue weighted by Crippen LogP contribution is -2.08. The Hall–Kier alpha value is -5.84. The van der Waals surface area contributed by atoms with E-state index in [-0.39, 0.29) is 17.4 Å². The van der Waals surface area contributed by atoms with Crippen LogP contribution in [-0.2, 0) is 25.9 Å². The highest BCUT2D eigenvalue weighted by atomic mass is 16.5. The number of hydrogen-bond donors (Lipinski definition) is 2. The molecule has 0 bridgehead atoms. The summed E-state index contributed by atoms with van der Waals surface area (Å²) in [6.07, 6.45) is 7.52. The molecule has 252 valence electrons. The summed E-state index contributed by atoms with van der Waals surface area (Å²) < 4.78 is 24.0. The molecule has 0 spiro atoms. The van der Waals surface area contributed by atoms with E-state index in [4.69, 9.17) is 24.1 Å². The second kappa shape index (κ2) is 14.9. The highest BCUT2D eigenvalue weighted by Gasteiger charge is 2.19. The zero-order valence-corrected chi connectivity index (χ0v) is 27.3. The van der Waals surface area contributed by atoms with Crippen LogP contribution in [0.25, 0.3) is 11.4 Å². The number of phenolic OH excluding ortho intramolecular Hbond substituents is 2. The number of nitrogens with zero attached hydrogens (tertiary/aromatic N) is 3. The first kappa shape index (κ1) is 33.1. The third kappa shape index (κ3) is 7.51. The van der Waals surface area contributed by atoms with E-state index in [0.29, 0.717) is 43.2 Å². The molecule has 0 unspecified atom stereocenters. The van der Waals surface area contributed by atoms with Gasteiger partial charge in [-0.15, -0.1) is 0 Å². The van der Waals surface area contributed by atoms with E-state index in [1.807, 2.05) is 28.9 Å². The van der Waals surface area contributed by atoms with Gasteiger partial charge in [-0.2, -0.15) is 5.10 Å². The van der Waals surface area contributed by atoms with E-state index in [9.17, 15) is 14.7 Å². The molecule has 0 amide bonds. The minimum absolute atomic E-state index is 0.0363. The number of carbonyl (C=O) groups is 2. The molecule has 49 heavy (non-hydrogen) atoms. The predicted octanol–water partition coefficient (Wildman–Crippen LogP) is 6.32. The smallest absolute Gasteiger partial charge is 0.153 e. The van der Waals surface area contributed by atoms with Crippen molar-refractivity contribution < 1.29 is 38.7 Å². The summed E-state index contributed by atoms with van der Waals surface area (Å²) in [4.78, 5) is 26.4. The lowest BCUT2D eigenvalue weighted by atomic mass is 10.1. The van der Waals surface area contributed by atoms with Gasteiger partial charge in [-0.3, -0.25) is 19.3 Å². The first-order valence-electron chi connectivity index (χ1n) is 16.1. The molecule has 2 N–H and O–H groups in total. The van der Waals surface area contributed by atoms with Crippen molar-refractivity contribution in [3.63, 3.8) is 0 Å². The van der Waals surface area contributed by atoms with Gasteiger partial charge in [0.05, 0.1) is 42.3 Å². The van der Waals surface area contributed by atoms with Crippen LogP contribution in [0.5, 0.6) is 34.5 Å². The number of hydrogen-bond acceptors (Lipinski definition) is 10. The largest absolute Gasteiger partial charge is 0.508 e. The van der Waals surface area contributed by atoms with E-state index in [1.54, 1.807) is 48.8 Å². The van der Waals surface area contributed by atoms with E-state index in [0.717, 1.165) is 83.0 Å². The minimum Gasteiger partial charge on any atom is -0.508 e. The van der Waals surface area contributed by atoms with Crippen molar-refractivity contribution in [2.75, 3.05) is 19.8 Å². The average Bonchev–Trinajstić information content (AvgIpc) is 3.94. The summed E-state index contributed by atoms with van der Waals surface area (Å²) in [5.41, 5.74) is 6.65. The Kier molecular flexibility index (Phi) is 10.1. The molecule has 2 aromatic heterocycles. The molecule has 8 rings (SSSR count). The Labute approximate surface area is 283 Å². The van der Waals surface area contributed by atoms with Crippen LogP contribution < -0.4 is 18.9 Å². The Morgan fingerprint density at radius 1 is 0.796 bits per heavy atom. The molecule has 0 aliphatic carbocycles. The predicted molar refractivity (Wildman–Crippen MR) is 181 cm³/mol. The molecule has 5 aromatic rings. The molecule has 3 aromatic carbocycles. The maximum atomic E-state index is 11.5. The van der Waals surface area contributed by atoms with Crippen LogP contribution in [0.15, 0.2) is 73.1 Å². The Balaban J connectivity index is 0.000000154. The first-order valence-corrected chi connectivity index (χ1v) is 16.1. The summed E-state index contributed by atoms with van der Waals surface area (Å²) in [6, 6.07) is 18.1. The third-order valence-corrected chi connectivity index (χ3v) is 8.26. The van der Waals surface area contributed by atoms with Crippen molar-refractivity contribution in [3.05, 3.63) is 106 Å². The number of aromatic nitrogens is 3. The van der Waals surface area contributed by atoms with Gasteiger partial charge in [-0.25, -0.2) is 0 Å². The van der Waals surface area contributed by atoms with Crippen LogP contribution in [0, 0.1) is 0 Å². The van der Waals surface area contributed by atoms with E-state index < -0.39 is 0 Å². The second-order valence-corrected chi connectivity index (χ2v) is 11.9. The normalized spacial score (nSPS) is 13.3. The topological polar surface area (TPSA) is 142 Å². The van der Waals surface area contributed by atoms with Crippen molar-refractivity contribution >= 4 is 12.6 Å². The van der Waals surface area contributed by atoms with Gasteiger partial charge in [0.15, 0.2) is 12.6 Å². The lowest BCUT2D eigenvalue weighted by Gasteiger charge is -2.15. The maximum absolute atomic E-state index is 11.5. The van der Waals surface area contributed by atoms with Gasteiger partial charge in [0.2, 0.25) is 0 Å². The van der Waals surface area contributed by atoms with Gasteiger partial charge in [-0.1, -0.05) is 6.07 Å². The Morgan fingerprint density at radius 2 is 1.45 bits per heavy atom. The van der Waals surface area contributed by atoms with E-state index in [2.05, 4.69) is 23.9 Å². The number of benzene rings is 3. The van der Waals surface area contributed by atoms with Gasteiger partial charge in [0.25, 0.3) is 0 Å². The molecule has 0 fully saturated rings. The van der Waals surface area contributed by atoms with Crippen molar-refractivity contribution in [3.8, 4) is 45.9 Å². The van der Waals surface area contributed by atoms with Crippen LogP contribution in [0.1, 0.15) is 62.9 Å².